The highest BCUT2D eigenvalue weighted by Crippen LogP contribution is 2.34. The molecule has 0 atom stereocenters. The third-order valence-electron chi connectivity index (χ3n) is 3.46. The number of ketones is 1. The molecule has 1 saturated carbocycles. The van der Waals surface area contributed by atoms with Gasteiger partial charge in [0.15, 0.2) is 0 Å². The molecule has 0 amide bonds. The number of aryl methyl sites for hydroxylation is 1. The molecule has 2 nitrogen and oxygen atoms in total. The Morgan fingerprint density at radius 3 is 2.44 bits per heavy atom. The van der Waals surface area contributed by atoms with Gasteiger partial charge in [-0.05, 0) is 29.0 Å². The van der Waals surface area contributed by atoms with Gasteiger partial charge in [0, 0.05) is 12.8 Å². The molecule has 98 valence electrons. The van der Waals surface area contributed by atoms with Crippen molar-refractivity contribution in [3.05, 3.63) is 29.3 Å². The van der Waals surface area contributed by atoms with Gasteiger partial charge >= 0.3 is 0 Å². The van der Waals surface area contributed by atoms with E-state index in [1.165, 1.54) is 11.1 Å². The lowest BCUT2D eigenvalue weighted by Crippen LogP contribution is -2.34. The number of rotatable bonds is 3. The highest BCUT2D eigenvalue weighted by Gasteiger charge is 2.30. The quantitative estimate of drug-likeness (QED) is 0.813. The minimum Gasteiger partial charge on any atom is -0.489 e. The van der Waals surface area contributed by atoms with Crippen LogP contribution in [0.2, 0.25) is 0 Å². The Kier molecular flexibility index (Phi) is 3.47. The summed E-state index contributed by atoms with van der Waals surface area (Å²) < 4.78 is 5.96. The number of hydrogen-bond donors (Lipinski definition) is 0. The Morgan fingerprint density at radius 1 is 1.28 bits per heavy atom. The lowest BCUT2D eigenvalue weighted by molar-refractivity contribution is -0.129. The molecule has 0 heterocycles. The van der Waals surface area contributed by atoms with Gasteiger partial charge in [-0.2, -0.15) is 0 Å². The third-order valence-corrected chi connectivity index (χ3v) is 3.46. The summed E-state index contributed by atoms with van der Waals surface area (Å²) in [6.45, 7) is 8.74. The molecule has 1 aromatic carbocycles. The number of benzene rings is 1. The Labute approximate surface area is 109 Å². The molecule has 0 saturated heterocycles. The molecule has 0 aromatic heterocycles. The van der Waals surface area contributed by atoms with Crippen molar-refractivity contribution in [3.8, 4) is 5.75 Å². The van der Waals surface area contributed by atoms with Crippen LogP contribution in [0.4, 0.5) is 0 Å². The van der Waals surface area contributed by atoms with Gasteiger partial charge in [0.1, 0.15) is 17.6 Å². The molecule has 1 fully saturated rings. The minimum absolute atomic E-state index is 0.0638. The highest BCUT2D eigenvalue weighted by atomic mass is 16.5. The number of Topliss-reactive ketones (excluding diaryl/α,β-unsaturated/α-hetero) is 1. The second kappa shape index (κ2) is 4.75. The van der Waals surface area contributed by atoms with Gasteiger partial charge in [0.2, 0.25) is 0 Å². The van der Waals surface area contributed by atoms with E-state index in [9.17, 15) is 4.79 Å². The van der Waals surface area contributed by atoms with Crippen LogP contribution in [0.1, 0.15) is 51.7 Å². The van der Waals surface area contributed by atoms with E-state index in [4.69, 9.17) is 4.74 Å². The van der Waals surface area contributed by atoms with Crippen molar-refractivity contribution in [2.24, 2.45) is 0 Å². The van der Waals surface area contributed by atoms with Crippen molar-refractivity contribution in [2.75, 3.05) is 0 Å². The highest BCUT2D eigenvalue weighted by molar-refractivity contribution is 5.85. The maximum absolute atomic E-state index is 11.0. The van der Waals surface area contributed by atoms with Gasteiger partial charge in [-0.3, -0.25) is 4.79 Å². The molecular formula is C16H22O2. The largest absolute Gasteiger partial charge is 0.489 e. The van der Waals surface area contributed by atoms with E-state index in [0.717, 1.165) is 12.2 Å². The van der Waals surface area contributed by atoms with E-state index in [-0.39, 0.29) is 11.5 Å². The first-order valence-corrected chi connectivity index (χ1v) is 6.72. The van der Waals surface area contributed by atoms with Crippen molar-refractivity contribution in [1.29, 1.82) is 0 Å². The van der Waals surface area contributed by atoms with Crippen LogP contribution < -0.4 is 4.74 Å². The molecule has 0 radical (unpaired) electrons. The summed E-state index contributed by atoms with van der Waals surface area (Å²) in [7, 11) is 0. The van der Waals surface area contributed by atoms with Gasteiger partial charge in [-0.1, -0.05) is 39.8 Å². The Balaban J connectivity index is 2.25. The summed E-state index contributed by atoms with van der Waals surface area (Å²) in [4.78, 5) is 11.0. The van der Waals surface area contributed by atoms with Crippen molar-refractivity contribution < 1.29 is 9.53 Å². The maximum Gasteiger partial charge on any atom is 0.140 e. The number of hydrogen-bond acceptors (Lipinski definition) is 2. The van der Waals surface area contributed by atoms with Crippen LogP contribution in [-0.4, -0.2) is 11.9 Å². The third kappa shape index (κ3) is 2.74. The van der Waals surface area contributed by atoms with Gasteiger partial charge in [-0.15, -0.1) is 0 Å². The second-order valence-electron chi connectivity index (χ2n) is 6.12. The molecule has 0 unspecified atom stereocenters. The smallest absolute Gasteiger partial charge is 0.140 e. The van der Waals surface area contributed by atoms with Crippen LogP contribution in [0.25, 0.3) is 0 Å². The van der Waals surface area contributed by atoms with E-state index in [1.54, 1.807) is 0 Å². The SMILES string of the molecule is CCc1ccc(OC2CC(=O)C2)c(C(C)(C)C)c1. The Morgan fingerprint density at radius 2 is 1.94 bits per heavy atom. The summed E-state index contributed by atoms with van der Waals surface area (Å²) in [6.07, 6.45) is 2.26. The summed E-state index contributed by atoms with van der Waals surface area (Å²) >= 11 is 0. The van der Waals surface area contributed by atoms with Crippen LogP contribution in [-0.2, 0) is 16.6 Å². The van der Waals surface area contributed by atoms with E-state index in [1.807, 2.05) is 0 Å². The van der Waals surface area contributed by atoms with Gasteiger partial charge in [0.25, 0.3) is 0 Å². The van der Waals surface area contributed by atoms with E-state index >= 15 is 0 Å². The summed E-state index contributed by atoms with van der Waals surface area (Å²) in [5.74, 6) is 1.25. The summed E-state index contributed by atoms with van der Waals surface area (Å²) in [5, 5.41) is 0. The van der Waals surface area contributed by atoms with Gasteiger partial charge in [0.05, 0.1) is 0 Å². The molecule has 0 N–H and O–H groups in total. The van der Waals surface area contributed by atoms with E-state index in [2.05, 4.69) is 45.9 Å². The molecule has 18 heavy (non-hydrogen) atoms. The summed E-state index contributed by atoms with van der Waals surface area (Å²) in [5.41, 5.74) is 2.63. The molecule has 0 spiro atoms. The Hall–Kier alpha value is -1.31. The normalized spacial score (nSPS) is 16.6. The first kappa shape index (κ1) is 13.1. The van der Waals surface area contributed by atoms with Crippen molar-refractivity contribution in [1.82, 2.24) is 0 Å². The van der Waals surface area contributed by atoms with E-state index in [0.29, 0.717) is 18.6 Å². The Bertz CT molecular complexity index is 447. The van der Waals surface area contributed by atoms with Crippen LogP contribution in [0.15, 0.2) is 18.2 Å². The van der Waals surface area contributed by atoms with Crippen LogP contribution >= 0.6 is 0 Å². The molecule has 0 bridgehead atoms. The van der Waals surface area contributed by atoms with Crippen molar-refractivity contribution in [3.63, 3.8) is 0 Å². The zero-order valence-electron chi connectivity index (χ0n) is 11.7. The lowest BCUT2D eigenvalue weighted by Gasteiger charge is -2.30. The number of carbonyl (C=O) groups excluding carboxylic acids is 1. The fourth-order valence-corrected chi connectivity index (χ4v) is 2.20. The standard InChI is InChI=1S/C16H22O2/c1-5-11-6-7-15(14(8-11)16(2,3)4)18-13-9-12(17)10-13/h6-8,13H,5,9-10H2,1-4H3. The van der Waals surface area contributed by atoms with Gasteiger partial charge in [-0.25, -0.2) is 0 Å². The molecule has 2 heteroatoms. The number of carbonyl (C=O) groups is 1. The molecule has 2 rings (SSSR count). The predicted molar refractivity (Wildman–Crippen MR) is 73.2 cm³/mol. The number of ether oxygens (including phenoxy) is 1. The zero-order valence-corrected chi connectivity index (χ0v) is 11.7. The van der Waals surface area contributed by atoms with Crippen molar-refractivity contribution in [2.45, 2.75) is 58.5 Å². The van der Waals surface area contributed by atoms with Crippen LogP contribution in [0, 0.1) is 0 Å². The van der Waals surface area contributed by atoms with E-state index < -0.39 is 0 Å². The maximum atomic E-state index is 11.0. The zero-order chi connectivity index (χ0) is 13.3. The summed E-state index contributed by atoms with van der Waals surface area (Å²) in [6, 6.07) is 6.41. The topological polar surface area (TPSA) is 26.3 Å². The second-order valence-corrected chi connectivity index (χ2v) is 6.12. The van der Waals surface area contributed by atoms with Crippen LogP contribution in [0.3, 0.4) is 0 Å². The lowest BCUT2D eigenvalue weighted by atomic mass is 9.85. The average molecular weight is 246 g/mol. The molecule has 1 aliphatic rings. The minimum atomic E-state index is 0.0638. The molecule has 0 aliphatic heterocycles. The molecule has 1 aromatic rings. The van der Waals surface area contributed by atoms with Gasteiger partial charge < -0.3 is 4.74 Å². The van der Waals surface area contributed by atoms with Crippen LogP contribution in [0.5, 0.6) is 5.75 Å². The molecule has 1 aliphatic carbocycles. The first-order valence-electron chi connectivity index (χ1n) is 6.72. The fraction of sp³-hybridized carbons (Fsp3) is 0.562. The first-order chi connectivity index (χ1) is 8.40. The monoisotopic (exact) mass is 246 g/mol. The molecular weight excluding hydrogens is 224 g/mol. The fourth-order valence-electron chi connectivity index (χ4n) is 2.20. The average Bonchev–Trinajstić information content (AvgIpc) is 2.26. The predicted octanol–water partition coefficient (Wildman–Crippen LogP) is 3.66. The van der Waals surface area contributed by atoms with Crippen molar-refractivity contribution >= 4 is 5.78 Å².